The molecule has 0 saturated carbocycles. The van der Waals surface area contributed by atoms with Gasteiger partial charge in [0.25, 0.3) is 11.8 Å². The summed E-state index contributed by atoms with van der Waals surface area (Å²) >= 11 is 0. The lowest BCUT2D eigenvalue weighted by Crippen LogP contribution is -2.17. The van der Waals surface area contributed by atoms with Crippen LogP contribution in [-0.4, -0.2) is 33.0 Å². The topological polar surface area (TPSA) is 95.1 Å². The van der Waals surface area contributed by atoms with E-state index >= 15 is 0 Å². The van der Waals surface area contributed by atoms with Crippen LogP contribution in [0.1, 0.15) is 23.1 Å². The van der Waals surface area contributed by atoms with Crippen LogP contribution in [0.15, 0.2) is 34.7 Å². The Morgan fingerprint density at radius 1 is 1.33 bits per heavy atom. The Balaban J connectivity index is 1.82. The molecule has 0 unspecified atom stereocenters. The summed E-state index contributed by atoms with van der Waals surface area (Å²) in [6, 6.07) is 8.99. The van der Waals surface area contributed by atoms with Gasteiger partial charge in [0.15, 0.2) is 0 Å². The second-order valence-electron chi connectivity index (χ2n) is 5.05. The van der Waals surface area contributed by atoms with Crippen molar-refractivity contribution in [3.63, 3.8) is 0 Å². The quantitative estimate of drug-likeness (QED) is 0.773. The molecule has 0 aliphatic rings. The summed E-state index contributed by atoms with van der Waals surface area (Å²) in [5, 5.41) is 14.7. The van der Waals surface area contributed by atoms with E-state index in [4.69, 9.17) is 9.15 Å². The number of amides is 1. The standard InChI is InChI=1S/C16H17N5O3/c1-4-21-12(9-10(2)20-21)14(22)17-16-19-18-15(24-16)11-7-5-6-8-13(11)23-3/h5-9H,4H2,1-3H3,(H,17,19,22). The van der Waals surface area contributed by atoms with Crippen molar-refractivity contribution in [3.8, 4) is 17.2 Å². The predicted octanol–water partition coefficient (Wildman–Crippen LogP) is 2.52. The summed E-state index contributed by atoms with van der Waals surface area (Å²) in [6.45, 7) is 4.33. The predicted molar refractivity (Wildman–Crippen MR) is 86.9 cm³/mol. The molecule has 1 amide bonds. The number of hydrogen-bond acceptors (Lipinski definition) is 6. The number of rotatable bonds is 5. The molecule has 2 heterocycles. The number of methoxy groups -OCH3 is 1. The lowest BCUT2D eigenvalue weighted by molar-refractivity contribution is 0.101. The number of nitrogens with zero attached hydrogens (tertiary/aromatic N) is 4. The van der Waals surface area contributed by atoms with Crippen LogP contribution >= 0.6 is 0 Å². The molecule has 2 aromatic heterocycles. The molecule has 8 nitrogen and oxygen atoms in total. The number of para-hydroxylation sites is 1. The van der Waals surface area contributed by atoms with Crippen molar-refractivity contribution in [1.29, 1.82) is 0 Å². The van der Waals surface area contributed by atoms with Crippen LogP contribution in [0.25, 0.3) is 11.5 Å². The van der Waals surface area contributed by atoms with E-state index in [1.165, 1.54) is 0 Å². The second-order valence-corrected chi connectivity index (χ2v) is 5.05. The lowest BCUT2D eigenvalue weighted by atomic mass is 10.2. The maximum atomic E-state index is 12.4. The van der Waals surface area contributed by atoms with Gasteiger partial charge < -0.3 is 9.15 Å². The van der Waals surface area contributed by atoms with E-state index in [1.54, 1.807) is 30.0 Å². The molecule has 0 spiro atoms. The van der Waals surface area contributed by atoms with Crippen molar-refractivity contribution < 1.29 is 13.9 Å². The van der Waals surface area contributed by atoms with Crippen molar-refractivity contribution in [3.05, 3.63) is 41.7 Å². The van der Waals surface area contributed by atoms with Gasteiger partial charge in [-0.3, -0.25) is 14.8 Å². The highest BCUT2D eigenvalue weighted by atomic mass is 16.5. The van der Waals surface area contributed by atoms with Crippen LogP contribution in [-0.2, 0) is 6.54 Å². The van der Waals surface area contributed by atoms with Crippen LogP contribution in [0.3, 0.4) is 0 Å². The highest BCUT2D eigenvalue weighted by Gasteiger charge is 2.18. The van der Waals surface area contributed by atoms with Crippen molar-refractivity contribution in [1.82, 2.24) is 20.0 Å². The minimum absolute atomic E-state index is 0.0161. The largest absolute Gasteiger partial charge is 0.496 e. The van der Waals surface area contributed by atoms with E-state index in [0.29, 0.717) is 23.6 Å². The molecule has 124 valence electrons. The fourth-order valence-corrected chi connectivity index (χ4v) is 2.33. The molecule has 3 rings (SSSR count). The molecule has 0 bridgehead atoms. The van der Waals surface area contributed by atoms with Gasteiger partial charge in [0.1, 0.15) is 11.4 Å². The summed E-state index contributed by atoms with van der Waals surface area (Å²) in [7, 11) is 1.56. The maximum absolute atomic E-state index is 12.4. The van der Waals surface area contributed by atoms with Gasteiger partial charge in [0.05, 0.1) is 18.4 Å². The van der Waals surface area contributed by atoms with Gasteiger partial charge in [-0.05, 0) is 32.0 Å². The van der Waals surface area contributed by atoms with Gasteiger partial charge in [0.2, 0.25) is 0 Å². The zero-order chi connectivity index (χ0) is 17.1. The Bertz CT molecular complexity index is 868. The Kier molecular flexibility index (Phi) is 4.28. The minimum atomic E-state index is -0.354. The molecular formula is C16H17N5O3. The molecule has 0 fully saturated rings. The van der Waals surface area contributed by atoms with Gasteiger partial charge in [-0.1, -0.05) is 17.2 Å². The zero-order valence-electron chi connectivity index (χ0n) is 13.6. The number of hydrogen-bond donors (Lipinski definition) is 1. The molecule has 0 aliphatic heterocycles. The summed E-state index contributed by atoms with van der Waals surface area (Å²) in [4.78, 5) is 12.4. The first-order valence-corrected chi connectivity index (χ1v) is 7.45. The SMILES string of the molecule is CCn1nc(C)cc1C(=O)Nc1nnc(-c2ccccc2OC)o1. The van der Waals surface area contributed by atoms with Gasteiger partial charge in [-0.25, -0.2) is 0 Å². The van der Waals surface area contributed by atoms with E-state index < -0.39 is 0 Å². The first kappa shape index (κ1) is 15.7. The second kappa shape index (κ2) is 6.53. The fourth-order valence-electron chi connectivity index (χ4n) is 2.33. The van der Waals surface area contributed by atoms with Crippen LogP contribution < -0.4 is 10.1 Å². The Morgan fingerprint density at radius 2 is 2.12 bits per heavy atom. The third-order valence-corrected chi connectivity index (χ3v) is 3.42. The molecule has 24 heavy (non-hydrogen) atoms. The molecule has 3 aromatic rings. The minimum Gasteiger partial charge on any atom is -0.496 e. The Labute approximate surface area is 138 Å². The van der Waals surface area contributed by atoms with Crippen LogP contribution in [0.5, 0.6) is 5.75 Å². The first-order chi connectivity index (χ1) is 11.6. The molecule has 8 heteroatoms. The number of carbonyl (C=O) groups excluding carboxylic acids is 1. The van der Waals surface area contributed by atoms with E-state index in [-0.39, 0.29) is 17.8 Å². The lowest BCUT2D eigenvalue weighted by Gasteiger charge is -2.04. The smallest absolute Gasteiger partial charge is 0.322 e. The number of benzene rings is 1. The van der Waals surface area contributed by atoms with Crippen LogP contribution in [0, 0.1) is 6.92 Å². The van der Waals surface area contributed by atoms with Crippen molar-refractivity contribution >= 4 is 11.9 Å². The van der Waals surface area contributed by atoms with Crippen molar-refractivity contribution in [2.75, 3.05) is 12.4 Å². The molecule has 0 radical (unpaired) electrons. The van der Waals surface area contributed by atoms with Gasteiger partial charge in [-0.15, -0.1) is 5.10 Å². The van der Waals surface area contributed by atoms with Crippen molar-refractivity contribution in [2.24, 2.45) is 0 Å². The highest BCUT2D eigenvalue weighted by molar-refractivity contribution is 6.01. The number of anilines is 1. The maximum Gasteiger partial charge on any atom is 0.322 e. The third-order valence-electron chi connectivity index (χ3n) is 3.42. The first-order valence-electron chi connectivity index (χ1n) is 7.45. The molecule has 1 aromatic carbocycles. The number of ether oxygens (including phenoxy) is 1. The molecule has 1 N–H and O–H groups in total. The average Bonchev–Trinajstić information content (AvgIpc) is 3.21. The summed E-state index contributed by atoms with van der Waals surface area (Å²) in [6.07, 6.45) is 0. The molecule has 0 aliphatic carbocycles. The van der Waals surface area contributed by atoms with E-state index in [1.807, 2.05) is 26.0 Å². The van der Waals surface area contributed by atoms with Gasteiger partial charge in [-0.2, -0.15) is 5.10 Å². The van der Waals surface area contributed by atoms with E-state index in [9.17, 15) is 4.79 Å². The number of aromatic nitrogens is 4. The normalized spacial score (nSPS) is 10.6. The summed E-state index contributed by atoms with van der Waals surface area (Å²) < 4.78 is 12.4. The summed E-state index contributed by atoms with van der Waals surface area (Å²) in [5.74, 6) is 0.523. The van der Waals surface area contributed by atoms with Gasteiger partial charge >= 0.3 is 6.01 Å². The highest BCUT2D eigenvalue weighted by Crippen LogP contribution is 2.29. The Hall–Kier alpha value is -3.16. The fraction of sp³-hybridized carbons (Fsp3) is 0.250. The zero-order valence-corrected chi connectivity index (χ0v) is 13.6. The number of aryl methyl sites for hydroxylation is 2. The molecule has 0 saturated heterocycles. The average molecular weight is 327 g/mol. The van der Waals surface area contributed by atoms with E-state index in [0.717, 1.165) is 5.69 Å². The number of carbonyl (C=O) groups is 1. The van der Waals surface area contributed by atoms with Crippen molar-refractivity contribution in [2.45, 2.75) is 20.4 Å². The third kappa shape index (κ3) is 2.98. The molecular weight excluding hydrogens is 310 g/mol. The summed E-state index contributed by atoms with van der Waals surface area (Å²) in [5.41, 5.74) is 1.86. The van der Waals surface area contributed by atoms with Gasteiger partial charge in [0, 0.05) is 6.54 Å². The number of nitrogens with one attached hydrogen (secondary N) is 1. The van der Waals surface area contributed by atoms with E-state index in [2.05, 4.69) is 20.6 Å². The monoisotopic (exact) mass is 327 g/mol. The Morgan fingerprint density at radius 3 is 2.88 bits per heavy atom. The van der Waals surface area contributed by atoms with Crippen LogP contribution in [0.4, 0.5) is 6.01 Å². The molecule has 0 atom stereocenters. The van der Waals surface area contributed by atoms with Crippen LogP contribution in [0.2, 0.25) is 0 Å².